The van der Waals surface area contributed by atoms with Gasteiger partial charge in [0.05, 0.1) is 59.6 Å². The Kier molecular flexibility index (Phi) is 9.90. The minimum atomic E-state index is -2.94. The summed E-state index contributed by atoms with van der Waals surface area (Å²) in [6, 6.07) is 11.2. The van der Waals surface area contributed by atoms with Crippen molar-refractivity contribution >= 4 is 38.9 Å². The third-order valence-electron chi connectivity index (χ3n) is 8.09. The molecule has 2 saturated heterocycles. The third kappa shape index (κ3) is 7.34. The van der Waals surface area contributed by atoms with Gasteiger partial charge in [0.2, 0.25) is 17.7 Å². The van der Waals surface area contributed by atoms with Gasteiger partial charge in [-0.1, -0.05) is 59.6 Å². The van der Waals surface area contributed by atoms with Crippen LogP contribution >= 0.6 is 23.2 Å². The van der Waals surface area contributed by atoms with E-state index in [9.17, 15) is 13.2 Å². The standard InChI is InChI=1S/C32H33Cl2N7O5S/c1-45-31-26(12-35-11-18-9-10-28(42)39-18)37-13-24(40-31)22-7-3-5-20(29(22)33)21-6-4-8-23(30(21)34)25-14-38-27(32(41-25)46-2)15-36-19-16-47(43,44)17-19/h3-8,13-14,18-19,35-36H,9-12,15-17H2,1-2H3,(H,39,42). The quantitative estimate of drug-likeness (QED) is 0.198. The Hall–Kier alpha value is -3.88. The van der Waals surface area contributed by atoms with Crippen LogP contribution < -0.4 is 25.4 Å². The summed E-state index contributed by atoms with van der Waals surface area (Å²) in [4.78, 5) is 30.0. The molecule has 0 saturated carbocycles. The molecule has 1 atom stereocenters. The van der Waals surface area contributed by atoms with Gasteiger partial charge in [0.1, 0.15) is 11.4 Å². The van der Waals surface area contributed by atoms with Gasteiger partial charge in [-0.15, -0.1) is 0 Å². The summed E-state index contributed by atoms with van der Waals surface area (Å²) in [7, 11) is 0.111. The predicted octanol–water partition coefficient (Wildman–Crippen LogP) is 3.85. The number of halogens is 2. The number of nitrogens with one attached hydrogen (secondary N) is 3. The molecule has 0 radical (unpaired) electrons. The predicted molar refractivity (Wildman–Crippen MR) is 179 cm³/mol. The SMILES string of the molecule is COc1nc(-c2cccc(-c3cccc(-c4cnc(CNC5CS(=O)(=O)C5)c(OC)n4)c3Cl)c2Cl)cnc1CNCC1CCC(=O)N1. The second-order valence-corrected chi connectivity index (χ2v) is 14.3. The molecule has 3 N–H and O–H groups in total. The minimum absolute atomic E-state index is 0.0737. The lowest BCUT2D eigenvalue weighted by Crippen LogP contribution is -2.50. The molecule has 2 aliphatic heterocycles. The van der Waals surface area contributed by atoms with Crippen LogP contribution in [-0.2, 0) is 27.7 Å². The fraction of sp³-hybridized carbons (Fsp3) is 0.344. The summed E-state index contributed by atoms with van der Waals surface area (Å²) < 4.78 is 34.0. The Morgan fingerprint density at radius 2 is 1.38 bits per heavy atom. The van der Waals surface area contributed by atoms with Crippen molar-refractivity contribution in [1.29, 1.82) is 0 Å². The smallest absolute Gasteiger partial charge is 0.237 e. The molecule has 6 rings (SSSR count). The maximum Gasteiger partial charge on any atom is 0.237 e. The number of carbonyl (C=O) groups excluding carboxylic acids is 1. The normalized spacial score (nSPS) is 17.3. The lowest BCUT2D eigenvalue weighted by Gasteiger charge is -2.26. The van der Waals surface area contributed by atoms with E-state index < -0.39 is 9.84 Å². The van der Waals surface area contributed by atoms with Gasteiger partial charge in [-0.2, -0.15) is 0 Å². The number of ether oxygens (including phenoxy) is 2. The van der Waals surface area contributed by atoms with Crippen molar-refractivity contribution in [1.82, 2.24) is 35.9 Å². The summed E-state index contributed by atoms with van der Waals surface area (Å²) in [5.74, 6) is 0.980. The monoisotopic (exact) mass is 697 g/mol. The summed E-state index contributed by atoms with van der Waals surface area (Å²) in [5, 5.41) is 10.3. The highest BCUT2D eigenvalue weighted by atomic mass is 35.5. The summed E-state index contributed by atoms with van der Waals surface area (Å²) in [5.41, 5.74) is 4.91. The van der Waals surface area contributed by atoms with E-state index in [2.05, 4.69) is 30.9 Å². The molecule has 2 aliphatic rings. The maximum absolute atomic E-state index is 11.5. The number of methoxy groups -OCH3 is 2. The number of aromatic nitrogens is 4. The van der Waals surface area contributed by atoms with E-state index in [-0.39, 0.29) is 29.5 Å². The fourth-order valence-electron chi connectivity index (χ4n) is 5.62. The molecule has 0 bridgehead atoms. The van der Waals surface area contributed by atoms with Gasteiger partial charge >= 0.3 is 0 Å². The van der Waals surface area contributed by atoms with Crippen LogP contribution in [0, 0.1) is 0 Å². The van der Waals surface area contributed by atoms with Crippen molar-refractivity contribution in [3.05, 3.63) is 70.2 Å². The van der Waals surface area contributed by atoms with Gasteiger partial charge in [0.25, 0.3) is 0 Å². The van der Waals surface area contributed by atoms with Gasteiger partial charge in [0, 0.05) is 60.4 Å². The molecule has 15 heteroatoms. The highest BCUT2D eigenvalue weighted by Gasteiger charge is 2.33. The molecule has 0 spiro atoms. The number of rotatable bonds is 12. The topological polar surface area (TPSA) is 157 Å². The van der Waals surface area contributed by atoms with Crippen LogP contribution in [0.25, 0.3) is 33.6 Å². The Labute approximate surface area is 282 Å². The van der Waals surface area contributed by atoms with Crippen molar-refractivity contribution in [3.63, 3.8) is 0 Å². The molecule has 12 nitrogen and oxygen atoms in total. The first-order chi connectivity index (χ1) is 22.7. The Morgan fingerprint density at radius 1 is 0.851 bits per heavy atom. The number of hydrogen-bond donors (Lipinski definition) is 3. The third-order valence-corrected chi connectivity index (χ3v) is 10.7. The zero-order valence-electron chi connectivity index (χ0n) is 25.7. The molecular weight excluding hydrogens is 665 g/mol. The second kappa shape index (κ2) is 14.1. The molecule has 246 valence electrons. The lowest BCUT2D eigenvalue weighted by molar-refractivity contribution is -0.119. The molecule has 1 unspecified atom stereocenters. The molecule has 47 heavy (non-hydrogen) atoms. The molecule has 2 aromatic heterocycles. The average Bonchev–Trinajstić information content (AvgIpc) is 3.47. The van der Waals surface area contributed by atoms with Crippen molar-refractivity contribution < 1.29 is 22.7 Å². The highest BCUT2D eigenvalue weighted by molar-refractivity contribution is 7.92. The van der Waals surface area contributed by atoms with E-state index >= 15 is 0 Å². The molecule has 1 amide bonds. The van der Waals surface area contributed by atoms with E-state index in [1.54, 1.807) is 19.5 Å². The van der Waals surface area contributed by atoms with Crippen LogP contribution in [0.4, 0.5) is 0 Å². The first-order valence-corrected chi connectivity index (χ1v) is 17.5. The molecular formula is C32H33Cl2N7O5S. The molecule has 2 fully saturated rings. The van der Waals surface area contributed by atoms with Crippen molar-refractivity contribution in [2.24, 2.45) is 0 Å². The van der Waals surface area contributed by atoms with E-state index in [1.165, 1.54) is 7.11 Å². The fourth-order valence-corrected chi connectivity index (χ4v) is 7.63. The van der Waals surface area contributed by atoms with Gasteiger partial charge in [-0.25, -0.2) is 18.4 Å². The largest absolute Gasteiger partial charge is 0.480 e. The first kappa shape index (κ1) is 33.0. The zero-order chi connectivity index (χ0) is 33.1. The van der Waals surface area contributed by atoms with Crippen LogP contribution in [0.15, 0.2) is 48.8 Å². The lowest BCUT2D eigenvalue weighted by atomic mass is 9.98. The van der Waals surface area contributed by atoms with Gasteiger partial charge in [-0.05, 0) is 6.42 Å². The average molecular weight is 699 g/mol. The van der Waals surface area contributed by atoms with Gasteiger partial charge in [-0.3, -0.25) is 14.8 Å². The van der Waals surface area contributed by atoms with Crippen molar-refractivity contribution in [3.8, 4) is 45.4 Å². The second-order valence-electron chi connectivity index (χ2n) is 11.3. The number of nitrogens with zero attached hydrogens (tertiary/aromatic N) is 4. The zero-order valence-corrected chi connectivity index (χ0v) is 28.0. The van der Waals surface area contributed by atoms with Crippen molar-refractivity contribution in [2.45, 2.75) is 38.0 Å². The first-order valence-electron chi connectivity index (χ1n) is 15.0. The number of benzene rings is 2. The molecule has 4 aromatic rings. The molecule has 4 heterocycles. The van der Waals surface area contributed by atoms with Gasteiger partial charge in [0.15, 0.2) is 9.84 Å². The van der Waals surface area contributed by atoms with Crippen molar-refractivity contribution in [2.75, 3.05) is 32.3 Å². The number of sulfone groups is 1. The molecule has 0 aliphatic carbocycles. The van der Waals surface area contributed by atoms with Crippen LogP contribution in [-0.4, -0.2) is 78.6 Å². The maximum atomic E-state index is 11.5. The highest BCUT2D eigenvalue weighted by Crippen LogP contribution is 2.42. The molecule has 2 aromatic carbocycles. The summed E-state index contributed by atoms with van der Waals surface area (Å²) in [6.45, 7) is 1.37. The Bertz CT molecular complexity index is 1920. The summed E-state index contributed by atoms with van der Waals surface area (Å²) >= 11 is 14.0. The van der Waals surface area contributed by atoms with Gasteiger partial charge < -0.3 is 25.4 Å². The Morgan fingerprint density at radius 3 is 1.87 bits per heavy atom. The number of carbonyl (C=O) groups is 1. The van der Waals surface area contributed by atoms with Crippen LogP contribution in [0.5, 0.6) is 11.8 Å². The minimum Gasteiger partial charge on any atom is -0.480 e. The van der Waals surface area contributed by atoms with E-state index in [1.807, 2.05) is 36.4 Å². The van der Waals surface area contributed by atoms with Crippen LogP contribution in [0.2, 0.25) is 10.0 Å². The Balaban J connectivity index is 1.22. The number of amides is 1. The van der Waals surface area contributed by atoms with E-state index in [0.717, 1.165) is 6.42 Å². The summed E-state index contributed by atoms with van der Waals surface area (Å²) in [6.07, 6.45) is 4.62. The van der Waals surface area contributed by atoms with E-state index in [0.29, 0.717) is 92.9 Å². The van der Waals surface area contributed by atoms with E-state index in [4.69, 9.17) is 37.7 Å². The van der Waals surface area contributed by atoms with Crippen LogP contribution in [0.1, 0.15) is 24.2 Å². The number of hydrogen-bond acceptors (Lipinski definition) is 11. The van der Waals surface area contributed by atoms with Crippen LogP contribution in [0.3, 0.4) is 0 Å².